The first-order valence-electron chi connectivity index (χ1n) is 8.73. The van der Waals surface area contributed by atoms with Gasteiger partial charge in [0, 0.05) is 22.8 Å². The lowest BCUT2D eigenvalue weighted by Crippen LogP contribution is -2.19. The number of amides is 2. The number of carbonyl (C=O) groups excluding carboxylic acids is 2. The first-order valence-corrected chi connectivity index (χ1v) is 8.73. The van der Waals surface area contributed by atoms with Crippen molar-refractivity contribution >= 4 is 34.1 Å². The van der Waals surface area contributed by atoms with E-state index >= 15 is 0 Å². The van der Waals surface area contributed by atoms with E-state index in [1.165, 1.54) is 0 Å². The zero-order chi connectivity index (χ0) is 20.2. The molecular weight excluding hydrogens is 370 g/mol. The first-order chi connectivity index (χ1) is 14.1. The highest BCUT2D eigenvalue weighted by molar-refractivity contribution is 6.11. The Morgan fingerprint density at radius 2 is 1.62 bits per heavy atom. The highest BCUT2D eigenvalue weighted by atomic mass is 16.2. The van der Waals surface area contributed by atoms with Gasteiger partial charge in [-0.05, 0) is 36.4 Å². The highest BCUT2D eigenvalue weighted by Crippen LogP contribution is 2.16. The summed E-state index contributed by atoms with van der Waals surface area (Å²) < 4.78 is 0. The van der Waals surface area contributed by atoms with Crippen LogP contribution in [-0.4, -0.2) is 27.0 Å². The van der Waals surface area contributed by atoms with Crippen LogP contribution in [0.5, 0.6) is 0 Å². The molecule has 0 fully saturated rings. The smallest absolute Gasteiger partial charge is 0.276 e. The molecule has 142 valence electrons. The molecule has 0 spiro atoms. The van der Waals surface area contributed by atoms with Crippen molar-refractivity contribution in [1.29, 1.82) is 0 Å². The Morgan fingerprint density at radius 1 is 0.828 bits per heavy atom. The van der Waals surface area contributed by atoms with Crippen LogP contribution in [0.1, 0.15) is 20.8 Å². The maximum Gasteiger partial charge on any atom is 0.276 e. The van der Waals surface area contributed by atoms with Crippen LogP contribution >= 0.6 is 0 Å². The molecule has 2 amide bonds. The molecule has 0 saturated carbocycles. The summed E-state index contributed by atoms with van der Waals surface area (Å²) in [4.78, 5) is 41.1. The number of benzene rings is 2. The number of fused-ring (bicyclic) bond motifs is 1. The normalized spacial score (nSPS) is 10.5. The van der Waals surface area contributed by atoms with Crippen LogP contribution in [0.15, 0.2) is 77.7 Å². The van der Waals surface area contributed by atoms with E-state index in [-0.39, 0.29) is 17.2 Å². The lowest BCUT2D eigenvalue weighted by atomic mass is 10.1. The van der Waals surface area contributed by atoms with Gasteiger partial charge >= 0.3 is 0 Å². The minimum Gasteiger partial charge on any atom is -0.321 e. The maximum absolute atomic E-state index is 12.7. The number of nitrogens with one attached hydrogen (secondary N) is 3. The quantitative estimate of drug-likeness (QED) is 0.499. The third-order valence-electron chi connectivity index (χ3n) is 4.20. The van der Waals surface area contributed by atoms with Gasteiger partial charge in [0.15, 0.2) is 5.69 Å². The van der Waals surface area contributed by atoms with Gasteiger partial charge in [0.1, 0.15) is 5.82 Å². The maximum atomic E-state index is 12.7. The summed E-state index contributed by atoms with van der Waals surface area (Å²) in [5, 5.41) is 12.4. The average molecular weight is 385 g/mol. The molecule has 8 heteroatoms. The van der Waals surface area contributed by atoms with E-state index in [0.29, 0.717) is 27.8 Å². The molecule has 4 aromatic rings. The Labute approximate surface area is 164 Å². The minimum absolute atomic E-state index is 0.0866. The number of H-pyrrole nitrogens is 1. The van der Waals surface area contributed by atoms with Crippen LogP contribution in [0.4, 0.5) is 11.5 Å². The monoisotopic (exact) mass is 385 g/mol. The summed E-state index contributed by atoms with van der Waals surface area (Å²) >= 11 is 0. The molecule has 3 N–H and O–H groups in total. The lowest BCUT2D eigenvalue weighted by Gasteiger charge is -2.09. The SMILES string of the molecule is O=C(Nc1ccccn1)c1cccc(NC(=O)c2n[nH]c(=O)c3ccccc23)c1. The second-order valence-corrected chi connectivity index (χ2v) is 6.15. The van der Waals surface area contributed by atoms with Crippen molar-refractivity contribution in [3.63, 3.8) is 0 Å². The van der Waals surface area contributed by atoms with Gasteiger partial charge in [0.25, 0.3) is 17.4 Å². The van der Waals surface area contributed by atoms with Gasteiger partial charge in [-0.1, -0.05) is 30.3 Å². The Morgan fingerprint density at radius 3 is 2.41 bits per heavy atom. The predicted molar refractivity (Wildman–Crippen MR) is 109 cm³/mol. The molecule has 0 aliphatic carbocycles. The topological polar surface area (TPSA) is 117 Å². The van der Waals surface area contributed by atoms with Crippen LogP contribution in [0.25, 0.3) is 10.8 Å². The molecule has 2 aromatic carbocycles. The molecule has 2 heterocycles. The third kappa shape index (κ3) is 3.86. The Hall–Kier alpha value is -4.33. The number of carbonyl (C=O) groups is 2. The van der Waals surface area contributed by atoms with E-state index in [1.54, 1.807) is 72.9 Å². The second kappa shape index (κ2) is 7.73. The number of aromatic amines is 1. The van der Waals surface area contributed by atoms with Gasteiger partial charge < -0.3 is 10.6 Å². The van der Waals surface area contributed by atoms with E-state index in [4.69, 9.17) is 0 Å². The van der Waals surface area contributed by atoms with Gasteiger partial charge in [-0.3, -0.25) is 14.4 Å². The number of pyridine rings is 1. The van der Waals surface area contributed by atoms with Gasteiger partial charge in [0.2, 0.25) is 0 Å². The number of hydrogen-bond acceptors (Lipinski definition) is 5. The third-order valence-corrected chi connectivity index (χ3v) is 4.20. The highest BCUT2D eigenvalue weighted by Gasteiger charge is 2.15. The fraction of sp³-hybridized carbons (Fsp3) is 0. The molecule has 0 atom stereocenters. The fourth-order valence-corrected chi connectivity index (χ4v) is 2.84. The predicted octanol–water partition coefficient (Wildman–Crippen LogP) is 2.82. The molecule has 8 nitrogen and oxygen atoms in total. The van der Waals surface area contributed by atoms with Crippen LogP contribution in [-0.2, 0) is 0 Å². The molecule has 0 aliphatic heterocycles. The molecule has 0 aliphatic rings. The molecular formula is C21H15N5O3. The summed E-state index contributed by atoms with van der Waals surface area (Å²) in [5.74, 6) is -0.428. The fourth-order valence-electron chi connectivity index (χ4n) is 2.84. The number of hydrogen-bond donors (Lipinski definition) is 3. The van der Waals surface area contributed by atoms with E-state index < -0.39 is 5.91 Å². The molecule has 0 bridgehead atoms. The summed E-state index contributed by atoms with van der Waals surface area (Å²) in [5.41, 5.74) is 0.488. The Kier molecular flexibility index (Phi) is 4.81. The van der Waals surface area contributed by atoms with Gasteiger partial charge in [-0.25, -0.2) is 10.1 Å². The molecule has 29 heavy (non-hydrogen) atoms. The number of aromatic nitrogens is 3. The second-order valence-electron chi connectivity index (χ2n) is 6.15. The van der Waals surface area contributed by atoms with E-state index in [0.717, 1.165) is 0 Å². The number of nitrogens with zero attached hydrogens (tertiary/aromatic N) is 2. The minimum atomic E-state index is -0.500. The molecule has 4 rings (SSSR count). The largest absolute Gasteiger partial charge is 0.321 e. The zero-order valence-electron chi connectivity index (χ0n) is 15.0. The lowest BCUT2D eigenvalue weighted by molar-refractivity contribution is 0.101. The number of rotatable bonds is 4. The average Bonchev–Trinajstić information content (AvgIpc) is 2.75. The molecule has 0 radical (unpaired) electrons. The van der Waals surface area contributed by atoms with Crippen LogP contribution in [0, 0.1) is 0 Å². The van der Waals surface area contributed by atoms with Crippen molar-refractivity contribution in [3.8, 4) is 0 Å². The zero-order valence-corrected chi connectivity index (χ0v) is 15.0. The summed E-state index contributed by atoms with van der Waals surface area (Å²) in [7, 11) is 0. The van der Waals surface area contributed by atoms with Gasteiger partial charge in [-0.2, -0.15) is 5.10 Å². The van der Waals surface area contributed by atoms with Crippen LogP contribution < -0.4 is 16.2 Å². The number of anilines is 2. The van der Waals surface area contributed by atoms with Crippen LogP contribution in [0.3, 0.4) is 0 Å². The molecule has 2 aromatic heterocycles. The Balaban J connectivity index is 1.57. The summed E-state index contributed by atoms with van der Waals surface area (Å²) in [6.07, 6.45) is 1.58. The first kappa shape index (κ1) is 18.1. The van der Waals surface area contributed by atoms with E-state index in [9.17, 15) is 14.4 Å². The van der Waals surface area contributed by atoms with Crippen molar-refractivity contribution in [2.24, 2.45) is 0 Å². The molecule has 0 saturated heterocycles. The van der Waals surface area contributed by atoms with Gasteiger partial charge in [-0.15, -0.1) is 0 Å². The van der Waals surface area contributed by atoms with E-state index in [1.807, 2.05) is 0 Å². The van der Waals surface area contributed by atoms with Crippen molar-refractivity contribution in [2.75, 3.05) is 10.6 Å². The molecule has 0 unspecified atom stereocenters. The van der Waals surface area contributed by atoms with E-state index in [2.05, 4.69) is 25.8 Å². The Bertz CT molecular complexity index is 1270. The summed E-state index contributed by atoms with van der Waals surface area (Å²) in [6.45, 7) is 0. The standard InChI is InChI=1S/C21H15N5O3/c27-19(24-17-10-3-4-11-22-17)13-6-5-7-14(12-13)23-21(29)18-15-8-1-2-9-16(15)20(28)26-25-18/h1-12H,(H,23,29)(H,26,28)(H,22,24,27). The van der Waals surface area contributed by atoms with Crippen LogP contribution in [0.2, 0.25) is 0 Å². The van der Waals surface area contributed by atoms with Crippen molar-refractivity contribution in [2.45, 2.75) is 0 Å². The van der Waals surface area contributed by atoms with Crippen molar-refractivity contribution in [1.82, 2.24) is 15.2 Å². The van der Waals surface area contributed by atoms with Crippen molar-refractivity contribution < 1.29 is 9.59 Å². The van der Waals surface area contributed by atoms with Gasteiger partial charge in [0.05, 0.1) is 5.39 Å². The van der Waals surface area contributed by atoms with Crippen molar-refractivity contribution in [3.05, 3.63) is 94.5 Å². The summed E-state index contributed by atoms with van der Waals surface area (Å²) in [6, 6.07) is 18.4.